The van der Waals surface area contributed by atoms with Crippen molar-refractivity contribution in [1.29, 1.82) is 0 Å². The fourth-order valence-corrected chi connectivity index (χ4v) is 4.23. The average Bonchev–Trinajstić information content (AvgIpc) is 3.34. The number of thiazole rings is 1. The number of hydrogen-bond acceptors (Lipinski definition) is 7. The van der Waals surface area contributed by atoms with Crippen molar-refractivity contribution in [3.8, 4) is 0 Å². The van der Waals surface area contributed by atoms with Crippen molar-refractivity contribution >= 4 is 57.9 Å². The van der Waals surface area contributed by atoms with Gasteiger partial charge >= 0.3 is 6.18 Å². The van der Waals surface area contributed by atoms with E-state index in [1.165, 1.54) is 11.5 Å². The molecule has 1 fully saturated rings. The van der Waals surface area contributed by atoms with Gasteiger partial charge < -0.3 is 15.1 Å². The fraction of sp³-hybridized carbons (Fsp3) is 0.625. The Bertz CT molecular complexity index is 801. The number of alkyl halides is 3. The first-order valence-corrected chi connectivity index (χ1v) is 10.7. The van der Waals surface area contributed by atoms with Crippen LogP contribution in [0, 0.1) is 0 Å². The van der Waals surface area contributed by atoms with E-state index in [9.17, 15) is 13.2 Å². The molecule has 0 bridgehead atoms. The lowest BCUT2D eigenvalue weighted by molar-refractivity contribution is -0.140. The van der Waals surface area contributed by atoms with E-state index >= 15 is 0 Å². The summed E-state index contributed by atoms with van der Waals surface area (Å²) in [7, 11) is 0. The summed E-state index contributed by atoms with van der Waals surface area (Å²) in [6.45, 7) is 7.88. The summed E-state index contributed by atoms with van der Waals surface area (Å²) in [4.78, 5) is 17.0. The molecule has 13 heteroatoms. The quantitative estimate of drug-likeness (QED) is 0.343. The lowest BCUT2D eigenvalue weighted by atomic mass is 10.3. The third-order valence-corrected chi connectivity index (χ3v) is 5.81. The van der Waals surface area contributed by atoms with Gasteiger partial charge in [-0.05, 0) is 6.92 Å². The van der Waals surface area contributed by atoms with Crippen LogP contribution in [-0.2, 0) is 19.1 Å². The molecule has 1 aliphatic heterocycles. The highest BCUT2D eigenvalue weighted by Crippen LogP contribution is 2.30. The maximum absolute atomic E-state index is 12.7. The zero-order valence-corrected chi connectivity index (χ0v) is 20.0. The Morgan fingerprint density at radius 2 is 1.93 bits per heavy atom. The van der Waals surface area contributed by atoms with Crippen LogP contribution in [0.1, 0.15) is 30.4 Å². The largest absolute Gasteiger partial charge is 0.434 e. The summed E-state index contributed by atoms with van der Waals surface area (Å²) in [6, 6.07) is 0. The summed E-state index contributed by atoms with van der Waals surface area (Å²) in [5.41, 5.74) is -0.857. The van der Waals surface area contributed by atoms with Gasteiger partial charge in [0.2, 0.25) is 5.13 Å². The van der Waals surface area contributed by atoms with Gasteiger partial charge in [0.1, 0.15) is 10.8 Å². The molecule has 2 aromatic heterocycles. The molecule has 0 unspecified atom stereocenters. The molecular formula is C16H23F3IN7S2. The van der Waals surface area contributed by atoms with E-state index in [2.05, 4.69) is 34.5 Å². The Morgan fingerprint density at radius 3 is 2.48 bits per heavy atom. The molecule has 0 saturated carbocycles. The molecule has 29 heavy (non-hydrogen) atoms. The molecule has 0 amide bonds. The molecule has 0 radical (unpaired) electrons. The fourth-order valence-electron chi connectivity index (χ4n) is 2.71. The average molecular weight is 561 g/mol. The molecule has 0 aromatic carbocycles. The Balaban J connectivity index is 0.00000300. The van der Waals surface area contributed by atoms with Crippen molar-refractivity contribution in [2.24, 2.45) is 4.99 Å². The molecule has 0 spiro atoms. The standard InChI is InChI=1S/C16H22F3N7S2.HI/c1-3-12-23-15(28-24-12)26-7-5-25(6-8-26)14(20-4-2)21-9-13-22-11(10-27-13)16(17,18)19;/h10H,3-9H2,1-2H3,(H,20,21);1H. The van der Waals surface area contributed by atoms with Crippen molar-refractivity contribution in [2.75, 3.05) is 37.6 Å². The van der Waals surface area contributed by atoms with Crippen LogP contribution in [-0.4, -0.2) is 57.9 Å². The number of nitrogens with zero attached hydrogens (tertiary/aromatic N) is 6. The van der Waals surface area contributed by atoms with Gasteiger partial charge in [0.15, 0.2) is 11.7 Å². The summed E-state index contributed by atoms with van der Waals surface area (Å²) >= 11 is 2.39. The molecule has 3 rings (SSSR count). The molecule has 162 valence electrons. The Labute approximate surface area is 192 Å². The van der Waals surface area contributed by atoms with Crippen molar-refractivity contribution in [3.05, 3.63) is 21.9 Å². The number of rotatable bonds is 5. The van der Waals surface area contributed by atoms with E-state index < -0.39 is 11.9 Å². The number of piperazine rings is 1. The highest BCUT2D eigenvalue weighted by atomic mass is 127. The van der Waals surface area contributed by atoms with E-state index in [1.54, 1.807) is 0 Å². The molecule has 1 aliphatic rings. The maximum atomic E-state index is 12.7. The number of anilines is 1. The third kappa shape index (κ3) is 6.38. The van der Waals surface area contributed by atoms with Crippen LogP contribution < -0.4 is 10.2 Å². The van der Waals surface area contributed by atoms with Crippen LogP contribution in [0.4, 0.5) is 18.3 Å². The van der Waals surface area contributed by atoms with Gasteiger partial charge in [-0.15, -0.1) is 35.3 Å². The first-order valence-electron chi connectivity index (χ1n) is 9.03. The first-order chi connectivity index (χ1) is 13.4. The second-order valence-corrected chi connectivity index (χ2v) is 7.79. The molecule has 2 aromatic rings. The molecule has 1 saturated heterocycles. The second-order valence-electron chi connectivity index (χ2n) is 6.12. The van der Waals surface area contributed by atoms with Crippen LogP contribution in [0.25, 0.3) is 0 Å². The Hall–Kier alpha value is -1.22. The van der Waals surface area contributed by atoms with Gasteiger partial charge in [-0.3, -0.25) is 0 Å². The van der Waals surface area contributed by atoms with E-state index in [0.29, 0.717) is 17.5 Å². The number of nitrogens with one attached hydrogen (secondary N) is 1. The van der Waals surface area contributed by atoms with Gasteiger partial charge in [-0.25, -0.2) is 15.0 Å². The minimum Gasteiger partial charge on any atom is -0.357 e. The van der Waals surface area contributed by atoms with E-state index in [4.69, 9.17) is 0 Å². The summed E-state index contributed by atoms with van der Waals surface area (Å²) in [5, 5.41) is 5.53. The van der Waals surface area contributed by atoms with Crippen LogP contribution in [0.3, 0.4) is 0 Å². The minimum atomic E-state index is -4.42. The lowest BCUT2D eigenvalue weighted by Crippen LogP contribution is -2.52. The van der Waals surface area contributed by atoms with Gasteiger partial charge in [-0.2, -0.15) is 17.5 Å². The SMILES string of the molecule is CCNC(=NCc1nc(C(F)(F)F)cs1)N1CCN(c2nc(CC)ns2)CC1.I. The zero-order chi connectivity index (χ0) is 20.1. The Kier molecular flexibility index (Phi) is 8.88. The van der Waals surface area contributed by atoms with Crippen LogP contribution in [0.2, 0.25) is 0 Å². The van der Waals surface area contributed by atoms with Gasteiger partial charge in [0.05, 0.1) is 6.54 Å². The predicted molar refractivity (Wildman–Crippen MR) is 120 cm³/mol. The number of halogens is 4. The predicted octanol–water partition coefficient (Wildman–Crippen LogP) is 3.48. The van der Waals surface area contributed by atoms with Crippen molar-refractivity contribution < 1.29 is 13.2 Å². The molecule has 3 heterocycles. The van der Waals surface area contributed by atoms with Crippen molar-refractivity contribution in [3.63, 3.8) is 0 Å². The summed E-state index contributed by atoms with van der Waals surface area (Å²) in [6.07, 6.45) is -3.60. The number of guanidine groups is 1. The van der Waals surface area contributed by atoms with E-state index in [0.717, 1.165) is 60.3 Å². The minimum absolute atomic E-state index is 0. The zero-order valence-electron chi connectivity index (χ0n) is 16.1. The van der Waals surface area contributed by atoms with Gasteiger partial charge in [-0.1, -0.05) is 6.92 Å². The summed E-state index contributed by atoms with van der Waals surface area (Å²) in [5.74, 6) is 1.55. The van der Waals surface area contributed by atoms with Crippen LogP contribution in [0.5, 0.6) is 0 Å². The second kappa shape index (κ2) is 10.7. The smallest absolute Gasteiger partial charge is 0.357 e. The maximum Gasteiger partial charge on any atom is 0.434 e. The molecular weight excluding hydrogens is 538 g/mol. The topological polar surface area (TPSA) is 69.5 Å². The number of aryl methyl sites for hydroxylation is 1. The monoisotopic (exact) mass is 561 g/mol. The van der Waals surface area contributed by atoms with Crippen LogP contribution >= 0.6 is 46.8 Å². The van der Waals surface area contributed by atoms with Gasteiger partial charge in [0.25, 0.3) is 0 Å². The molecule has 7 nitrogen and oxygen atoms in total. The van der Waals surface area contributed by atoms with Crippen LogP contribution in [0.15, 0.2) is 10.4 Å². The van der Waals surface area contributed by atoms with E-state index in [-0.39, 0.29) is 30.5 Å². The first kappa shape index (κ1) is 24.1. The number of aromatic nitrogens is 3. The normalized spacial score (nSPS) is 15.4. The number of aliphatic imine (C=N–C) groups is 1. The highest BCUT2D eigenvalue weighted by molar-refractivity contribution is 14.0. The summed E-state index contributed by atoms with van der Waals surface area (Å²) < 4.78 is 42.4. The van der Waals surface area contributed by atoms with Gasteiger partial charge in [0, 0.05) is 56.1 Å². The van der Waals surface area contributed by atoms with Crippen molar-refractivity contribution in [1.82, 2.24) is 24.6 Å². The molecule has 1 N–H and O–H groups in total. The highest BCUT2D eigenvalue weighted by Gasteiger charge is 2.33. The number of hydrogen-bond donors (Lipinski definition) is 1. The molecule has 0 aliphatic carbocycles. The third-order valence-electron chi connectivity index (χ3n) is 4.16. The van der Waals surface area contributed by atoms with Crippen molar-refractivity contribution in [2.45, 2.75) is 33.0 Å². The Morgan fingerprint density at radius 1 is 1.21 bits per heavy atom. The van der Waals surface area contributed by atoms with E-state index in [1.807, 2.05) is 13.8 Å². The molecule has 0 atom stereocenters. The lowest BCUT2D eigenvalue weighted by Gasteiger charge is -2.36.